The Balaban J connectivity index is 2.47. The second-order valence-electron chi connectivity index (χ2n) is 8.74. The lowest BCUT2D eigenvalue weighted by Crippen LogP contribution is -2.58. The molecule has 1 fully saturated rings. The zero-order valence-electron chi connectivity index (χ0n) is 18.8. The molecule has 10 nitrogen and oxygen atoms in total. The van der Waals surface area contributed by atoms with Crippen molar-refractivity contribution in [1.29, 1.82) is 0 Å². The molecule has 4 atom stereocenters. The number of hydrogen-bond acceptors (Lipinski definition) is 8. The molecule has 1 heterocycles. The third kappa shape index (κ3) is 9.23. The molecule has 2 amide bonds. The molecule has 1 aliphatic rings. The van der Waals surface area contributed by atoms with Crippen molar-refractivity contribution in [2.45, 2.75) is 58.3 Å². The number of amides is 2. The number of hydrogen-bond donors (Lipinski definition) is 4. The van der Waals surface area contributed by atoms with Gasteiger partial charge in [-0.2, -0.15) is 0 Å². The van der Waals surface area contributed by atoms with Gasteiger partial charge < -0.3 is 41.0 Å². The Kier molecular flexibility index (Phi) is 11.7. The van der Waals surface area contributed by atoms with Gasteiger partial charge in [-0.05, 0) is 18.8 Å². The van der Waals surface area contributed by atoms with E-state index < -0.39 is 17.6 Å². The van der Waals surface area contributed by atoms with Crippen molar-refractivity contribution in [1.82, 2.24) is 10.2 Å². The number of ether oxygens (including phenoxy) is 3. The highest BCUT2D eigenvalue weighted by atomic mass is 16.5. The molecular weight excluding hydrogens is 392 g/mol. The Hall–Kier alpha value is -1.30. The zero-order chi connectivity index (χ0) is 22.7. The number of carbonyl (C=O) groups is 2. The maximum Gasteiger partial charge on any atom is 0.246 e. The number of carbonyl (C=O) groups excluding carboxylic acids is 2. The first-order valence-corrected chi connectivity index (χ1v) is 10.5. The zero-order valence-corrected chi connectivity index (χ0v) is 18.8. The summed E-state index contributed by atoms with van der Waals surface area (Å²) in [5.74, 6) is -0.623. The second kappa shape index (κ2) is 13.2. The maximum atomic E-state index is 13.2. The van der Waals surface area contributed by atoms with Gasteiger partial charge in [0.15, 0.2) is 0 Å². The molecule has 176 valence electrons. The molecule has 1 unspecified atom stereocenters. The minimum Gasteiger partial charge on any atom is -0.391 e. The molecule has 10 heteroatoms. The standard InChI is InChI=1S/C20H40N4O6/c1-14(22)16-11-15(25)12-24(16)19(27)18(20(2,3)4)23-17(26)13-30-10-9-29-8-7-28-6-5-21/h14-16,18,25H,5-13,21-22H2,1-4H3,(H,23,26)/t14?,15-,16+,18-/m1/s1. The molecule has 1 rings (SSSR count). The number of aliphatic hydroxyl groups excluding tert-OH is 1. The van der Waals surface area contributed by atoms with E-state index in [1.54, 1.807) is 4.90 Å². The SMILES string of the molecule is CC(N)[C@@H]1C[C@@H](O)CN1C(=O)[C@@H](NC(=O)COCCOCCOCCN)C(C)(C)C. The lowest BCUT2D eigenvalue weighted by molar-refractivity contribution is -0.141. The fourth-order valence-corrected chi connectivity index (χ4v) is 3.30. The molecule has 0 aromatic heterocycles. The molecule has 0 aromatic rings. The summed E-state index contributed by atoms with van der Waals surface area (Å²) >= 11 is 0. The van der Waals surface area contributed by atoms with E-state index in [-0.39, 0.29) is 43.7 Å². The molecule has 0 aliphatic carbocycles. The average Bonchev–Trinajstić information content (AvgIpc) is 3.05. The van der Waals surface area contributed by atoms with E-state index in [1.807, 2.05) is 27.7 Å². The van der Waals surface area contributed by atoms with Crippen LogP contribution in [0, 0.1) is 5.41 Å². The van der Waals surface area contributed by atoms with Crippen molar-refractivity contribution in [2.75, 3.05) is 52.7 Å². The van der Waals surface area contributed by atoms with Gasteiger partial charge in [0.25, 0.3) is 0 Å². The number of likely N-dealkylation sites (tertiary alicyclic amines) is 1. The van der Waals surface area contributed by atoms with Gasteiger partial charge in [0.05, 0.1) is 39.1 Å². The van der Waals surface area contributed by atoms with E-state index in [2.05, 4.69) is 5.32 Å². The van der Waals surface area contributed by atoms with Gasteiger partial charge in [-0.1, -0.05) is 20.8 Å². The normalized spacial score (nSPS) is 21.5. The van der Waals surface area contributed by atoms with Crippen molar-refractivity contribution in [3.8, 4) is 0 Å². The van der Waals surface area contributed by atoms with Crippen LogP contribution in [0.5, 0.6) is 0 Å². The lowest BCUT2D eigenvalue weighted by Gasteiger charge is -2.36. The van der Waals surface area contributed by atoms with Gasteiger partial charge in [0.2, 0.25) is 11.8 Å². The maximum absolute atomic E-state index is 13.2. The monoisotopic (exact) mass is 432 g/mol. The molecule has 1 saturated heterocycles. The van der Waals surface area contributed by atoms with Crippen molar-refractivity contribution in [3.63, 3.8) is 0 Å². The van der Waals surface area contributed by atoms with Crippen molar-refractivity contribution >= 4 is 11.8 Å². The van der Waals surface area contributed by atoms with Crippen LogP contribution < -0.4 is 16.8 Å². The summed E-state index contributed by atoms with van der Waals surface area (Å²) in [4.78, 5) is 27.1. The molecule has 0 saturated carbocycles. The minimum absolute atomic E-state index is 0.174. The van der Waals surface area contributed by atoms with E-state index >= 15 is 0 Å². The lowest BCUT2D eigenvalue weighted by atomic mass is 9.85. The van der Waals surface area contributed by atoms with Crippen molar-refractivity contribution in [2.24, 2.45) is 16.9 Å². The van der Waals surface area contributed by atoms with Crippen molar-refractivity contribution in [3.05, 3.63) is 0 Å². The van der Waals surface area contributed by atoms with Gasteiger partial charge in [-0.3, -0.25) is 9.59 Å². The third-order valence-corrected chi connectivity index (χ3v) is 4.87. The summed E-state index contributed by atoms with van der Waals surface area (Å²) in [6.45, 7) is 9.94. The summed E-state index contributed by atoms with van der Waals surface area (Å²) in [6, 6.07) is -1.28. The van der Waals surface area contributed by atoms with Crippen LogP contribution in [0.3, 0.4) is 0 Å². The quantitative estimate of drug-likeness (QED) is 0.266. The second-order valence-corrected chi connectivity index (χ2v) is 8.74. The Morgan fingerprint density at radius 1 is 1.13 bits per heavy atom. The molecule has 0 bridgehead atoms. The van der Waals surface area contributed by atoms with Crippen LogP contribution in [0.4, 0.5) is 0 Å². The highest BCUT2D eigenvalue weighted by molar-refractivity contribution is 5.89. The van der Waals surface area contributed by atoms with E-state index in [4.69, 9.17) is 25.7 Å². The fourth-order valence-electron chi connectivity index (χ4n) is 3.30. The number of nitrogens with zero attached hydrogens (tertiary/aromatic N) is 1. The predicted octanol–water partition coefficient (Wildman–Crippen LogP) is -1.17. The van der Waals surface area contributed by atoms with Crippen LogP contribution in [0.15, 0.2) is 0 Å². The first-order chi connectivity index (χ1) is 14.1. The first kappa shape index (κ1) is 26.7. The molecule has 6 N–H and O–H groups in total. The first-order valence-electron chi connectivity index (χ1n) is 10.5. The van der Waals surface area contributed by atoms with Gasteiger partial charge in [0, 0.05) is 25.2 Å². The average molecular weight is 433 g/mol. The van der Waals surface area contributed by atoms with Crippen LogP contribution in [-0.2, 0) is 23.8 Å². The van der Waals surface area contributed by atoms with Crippen LogP contribution in [-0.4, -0.2) is 98.8 Å². The van der Waals surface area contributed by atoms with Gasteiger partial charge in [-0.25, -0.2) is 0 Å². The smallest absolute Gasteiger partial charge is 0.246 e. The van der Waals surface area contributed by atoms with Gasteiger partial charge in [0.1, 0.15) is 12.6 Å². The molecule has 0 aromatic carbocycles. The number of aliphatic hydroxyl groups is 1. The van der Waals surface area contributed by atoms with Crippen LogP contribution in [0.1, 0.15) is 34.1 Å². The highest BCUT2D eigenvalue weighted by Crippen LogP contribution is 2.26. The number of nitrogens with two attached hydrogens (primary N) is 2. The summed E-state index contributed by atoms with van der Waals surface area (Å²) in [6.07, 6.45) is -0.167. The van der Waals surface area contributed by atoms with Crippen LogP contribution >= 0.6 is 0 Å². The van der Waals surface area contributed by atoms with Gasteiger partial charge in [-0.15, -0.1) is 0 Å². The van der Waals surface area contributed by atoms with E-state index in [0.717, 1.165) is 0 Å². The Bertz CT molecular complexity index is 526. The summed E-state index contributed by atoms with van der Waals surface area (Å²) in [5, 5.41) is 12.8. The minimum atomic E-state index is -0.754. The molecule has 0 radical (unpaired) electrons. The summed E-state index contributed by atoms with van der Waals surface area (Å²) in [5.41, 5.74) is 10.8. The molecular formula is C20H40N4O6. The number of nitrogens with one attached hydrogen (secondary N) is 1. The Morgan fingerprint density at radius 2 is 1.70 bits per heavy atom. The molecule has 0 spiro atoms. The largest absolute Gasteiger partial charge is 0.391 e. The highest BCUT2D eigenvalue weighted by Gasteiger charge is 2.42. The summed E-state index contributed by atoms with van der Waals surface area (Å²) in [7, 11) is 0. The van der Waals surface area contributed by atoms with E-state index in [0.29, 0.717) is 39.4 Å². The predicted molar refractivity (Wildman–Crippen MR) is 113 cm³/mol. The fraction of sp³-hybridized carbons (Fsp3) is 0.900. The topological polar surface area (TPSA) is 149 Å². The Morgan fingerprint density at radius 3 is 2.23 bits per heavy atom. The van der Waals surface area contributed by atoms with E-state index in [9.17, 15) is 14.7 Å². The van der Waals surface area contributed by atoms with Crippen molar-refractivity contribution < 1.29 is 28.9 Å². The number of rotatable bonds is 13. The summed E-state index contributed by atoms with van der Waals surface area (Å²) < 4.78 is 15.8. The molecule has 30 heavy (non-hydrogen) atoms. The Labute approximate surface area is 179 Å². The van der Waals surface area contributed by atoms with Crippen LogP contribution in [0.2, 0.25) is 0 Å². The molecule has 1 aliphatic heterocycles. The van der Waals surface area contributed by atoms with Gasteiger partial charge >= 0.3 is 0 Å². The number of β-amino-alcohol motifs (C(OH)–C–C–N with tert-alkyl or cyclic N) is 1. The van der Waals surface area contributed by atoms with Crippen LogP contribution in [0.25, 0.3) is 0 Å². The third-order valence-electron chi connectivity index (χ3n) is 4.87. The van der Waals surface area contributed by atoms with E-state index in [1.165, 1.54) is 0 Å².